The molecule has 1 aromatic carbocycles. The summed E-state index contributed by atoms with van der Waals surface area (Å²) in [5.74, 6) is 0.384. The molecule has 0 saturated heterocycles. The third-order valence-corrected chi connectivity index (χ3v) is 4.02. The van der Waals surface area contributed by atoms with Crippen LogP contribution in [0.2, 0.25) is 0 Å². The molecular weight excluding hydrogens is 330 g/mol. The first-order chi connectivity index (χ1) is 12.7. The summed E-state index contributed by atoms with van der Waals surface area (Å²) in [7, 11) is 1.57. The second-order valence-electron chi connectivity index (χ2n) is 5.80. The van der Waals surface area contributed by atoms with Crippen molar-refractivity contribution in [2.24, 2.45) is 0 Å². The summed E-state index contributed by atoms with van der Waals surface area (Å²) in [6.45, 7) is 3.24. The number of nitrogens with one attached hydrogen (secondary N) is 1. The van der Waals surface area contributed by atoms with Crippen molar-refractivity contribution in [1.82, 2.24) is 25.1 Å². The van der Waals surface area contributed by atoms with E-state index in [4.69, 9.17) is 4.74 Å². The number of carbonyl (C=O) groups excluding carboxylic acids is 1. The van der Waals surface area contributed by atoms with Gasteiger partial charge in [-0.2, -0.15) is 5.10 Å². The maximum absolute atomic E-state index is 12.4. The molecule has 2 heterocycles. The Morgan fingerprint density at radius 3 is 2.92 bits per heavy atom. The zero-order chi connectivity index (χ0) is 18.4. The number of aromatic nitrogens is 4. The van der Waals surface area contributed by atoms with Crippen molar-refractivity contribution in [2.45, 2.75) is 19.9 Å². The Morgan fingerprint density at radius 2 is 2.15 bits per heavy atom. The number of aryl methyl sites for hydroxylation is 2. The molecule has 0 fully saturated rings. The highest BCUT2D eigenvalue weighted by Crippen LogP contribution is 2.30. The van der Waals surface area contributed by atoms with Crippen LogP contribution < -0.4 is 10.1 Å². The van der Waals surface area contributed by atoms with Gasteiger partial charge in [-0.15, -0.1) is 0 Å². The number of methoxy groups -OCH3 is 1. The molecular formula is C19H21N5O2. The number of rotatable bonds is 7. The average Bonchev–Trinajstić information content (AvgIpc) is 3.18. The first-order valence-corrected chi connectivity index (χ1v) is 8.40. The molecule has 0 atom stereocenters. The topological polar surface area (TPSA) is 81.9 Å². The lowest BCUT2D eigenvalue weighted by Crippen LogP contribution is -2.25. The van der Waals surface area contributed by atoms with Crippen LogP contribution in [0.15, 0.2) is 49.1 Å². The quantitative estimate of drug-likeness (QED) is 0.661. The number of hydrogen-bond acceptors (Lipinski definition) is 5. The Balaban J connectivity index is 1.68. The van der Waals surface area contributed by atoms with Crippen LogP contribution in [-0.4, -0.2) is 39.3 Å². The molecule has 0 aliphatic heterocycles. The highest BCUT2D eigenvalue weighted by molar-refractivity contribution is 5.95. The summed E-state index contributed by atoms with van der Waals surface area (Å²) < 4.78 is 7.18. The molecule has 0 aliphatic carbocycles. The number of ether oxygens (including phenoxy) is 1. The van der Waals surface area contributed by atoms with Gasteiger partial charge in [0, 0.05) is 31.0 Å². The van der Waals surface area contributed by atoms with Crippen LogP contribution in [0.1, 0.15) is 22.5 Å². The maximum atomic E-state index is 12.4. The SMILES string of the molecule is COc1ncnc(C)c1-c1cccc(C(=O)NCCCn2cccn2)c1. The van der Waals surface area contributed by atoms with Gasteiger partial charge in [-0.25, -0.2) is 9.97 Å². The van der Waals surface area contributed by atoms with Crippen LogP contribution in [0, 0.1) is 6.92 Å². The highest BCUT2D eigenvalue weighted by atomic mass is 16.5. The van der Waals surface area contributed by atoms with Crippen LogP contribution in [-0.2, 0) is 6.54 Å². The van der Waals surface area contributed by atoms with Gasteiger partial charge in [0.25, 0.3) is 5.91 Å². The minimum Gasteiger partial charge on any atom is -0.480 e. The number of carbonyl (C=O) groups is 1. The first-order valence-electron chi connectivity index (χ1n) is 8.40. The van der Waals surface area contributed by atoms with Crippen molar-refractivity contribution in [2.75, 3.05) is 13.7 Å². The minimum absolute atomic E-state index is 0.110. The Labute approximate surface area is 152 Å². The van der Waals surface area contributed by atoms with E-state index in [9.17, 15) is 4.79 Å². The average molecular weight is 351 g/mol. The maximum Gasteiger partial charge on any atom is 0.251 e. The number of amides is 1. The van der Waals surface area contributed by atoms with Crippen molar-refractivity contribution in [3.63, 3.8) is 0 Å². The summed E-state index contributed by atoms with van der Waals surface area (Å²) in [4.78, 5) is 20.8. The van der Waals surface area contributed by atoms with E-state index in [1.54, 1.807) is 19.4 Å². The number of hydrogen-bond donors (Lipinski definition) is 1. The summed E-state index contributed by atoms with van der Waals surface area (Å²) in [5, 5.41) is 7.08. The highest BCUT2D eigenvalue weighted by Gasteiger charge is 2.13. The molecule has 0 aliphatic rings. The smallest absolute Gasteiger partial charge is 0.251 e. The normalized spacial score (nSPS) is 10.5. The lowest BCUT2D eigenvalue weighted by atomic mass is 10.0. The molecule has 3 rings (SSSR count). The van der Waals surface area contributed by atoms with Gasteiger partial charge in [0.15, 0.2) is 0 Å². The van der Waals surface area contributed by atoms with E-state index < -0.39 is 0 Å². The van der Waals surface area contributed by atoms with Crippen molar-refractivity contribution < 1.29 is 9.53 Å². The molecule has 2 aromatic heterocycles. The van der Waals surface area contributed by atoms with Gasteiger partial charge in [-0.1, -0.05) is 12.1 Å². The molecule has 1 amide bonds. The Hall–Kier alpha value is -3.22. The van der Waals surface area contributed by atoms with Gasteiger partial charge in [-0.05, 0) is 37.1 Å². The van der Waals surface area contributed by atoms with Crippen molar-refractivity contribution >= 4 is 5.91 Å². The number of benzene rings is 1. The van der Waals surface area contributed by atoms with E-state index in [1.807, 2.05) is 42.1 Å². The van der Waals surface area contributed by atoms with Crippen molar-refractivity contribution in [3.05, 3.63) is 60.3 Å². The summed E-state index contributed by atoms with van der Waals surface area (Å²) in [5.41, 5.74) is 3.04. The van der Waals surface area contributed by atoms with Gasteiger partial charge in [0.05, 0.1) is 18.4 Å². The van der Waals surface area contributed by atoms with Gasteiger partial charge in [-0.3, -0.25) is 9.48 Å². The van der Waals surface area contributed by atoms with Gasteiger partial charge >= 0.3 is 0 Å². The fourth-order valence-corrected chi connectivity index (χ4v) is 2.73. The molecule has 7 nitrogen and oxygen atoms in total. The largest absolute Gasteiger partial charge is 0.480 e. The minimum atomic E-state index is -0.110. The standard InChI is InChI=1S/C19H21N5O2/c1-14-17(19(26-2)22-13-21-14)15-6-3-7-16(12-15)18(25)20-8-4-10-24-11-5-9-23-24/h3,5-7,9,11-13H,4,8,10H2,1-2H3,(H,20,25). The monoisotopic (exact) mass is 351 g/mol. The molecule has 0 saturated carbocycles. The van der Waals surface area contributed by atoms with Crippen LogP contribution in [0.4, 0.5) is 0 Å². The molecule has 0 radical (unpaired) electrons. The van der Waals surface area contributed by atoms with E-state index in [0.717, 1.165) is 29.8 Å². The molecule has 3 aromatic rings. The predicted octanol–water partition coefficient (Wildman–Crippen LogP) is 2.48. The zero-order valence-corrected chi connectivity index (χ0v) is 14.8. The third kappa shape index (κ3) is 4.05. The molecule has 0 bridgehead atoms. The molecule has 134 valence electrons. The van der Waals surface area contributed by atoms with E-state index in [-0.39, 0.29) is 5.91 Å². The van der Waals surface area contributed by atoms with Crippen LogP contribution in [0.3, 0.4) is 0 Å². The van der Waals surface area contributed by atoms with Crippen LogP contribution in [0.25, 0.3) is 11.1 Å². The van der Waals surface area contributed by atoms with Crippen molar-refractivity contribution in [1.29, 1.82) is 0 Å². The number of nitrogens with zero attached hydrogens (tertiary/aromatic N) is 4. The van der Waals surface area contributed by atoms with Gasteiger partial charge in [0.1, 0.15) is 6.33 Å². The van der Waals surface area contributed by atoms with E-state index in [0.29, 0.717) is 18.0 Å². The Kier molecular flexibility index (Phi) is 5.58. The summed E-state index contributed by atoms with van der Waals surface area (Å²) >= 11 is 0. The molecule has 7 heteroatoms. The Bertz CT molecular complexity index is 877. The third-order valence-electron chi connectivity index (χ3n) is 4.02. The summed E-state index contributed by atoms with van der Waals surface area (Å²) in [6, 6.07) is 9.27. The van der Waals surface area contributed by atoms with Crippen LogP contribution >= 0.6 is 0 Å². The summed E-state index contributed by atoms with van der Waals surface area (Å²) in [6.07, 6.45) is 5.93. The second kappa shape index (κ2) is 8.24. The second-order valence-corrected chi connectivity index (χ2v) is 5.80. The van der Waals surface area contributed by atoms with E-state index >= 15 is 0 Å². The van der Waals surface area contributed by atoms with E-state index in [1.165, 1.54) is 6.33 Å². The predicted molar refractivity (Wildman–Crippen MR) is 97.9 cm³/mol. The lowest BCUT2D eigenvalue weighted by Gasteiger charge is -2.11. The van der Waals surface area contributed by atoms with E-state index in [2.05, 4.69) is 20.4 Å². The van der Waals surface area contributed by atoms with Crippen LogP contribution in [0.5, 0.6) is 5.88 Å². The van der Waals surface area contributed by atoms with Gasteiger partial charge < -0.3 is 10.1 Å². The molecule has 26 heavy (non-hydrogen) atoms. The van der Waals surface area contributed by atoms with Gasteiger partial charge in [0.2, 0.25) is 5.88 Å². The fourth-order valence-electron chi connectivity index (χ4n) is 2.73. The zero-order valence-electron chi connectivity index (χ0n) is 14.8. The fraction of sp³-hybridized carbons (Fsp3) is 0.263. The van der Waals surface area contributed by atoms with Crippen molar-refractivity contribution in [3.8, 4) is 17.0 Å². The molecule has 0 unspecified atom stereocenters. The first kappa shape index (κ1) is 17.6. The molecule has 1 N–H and O–H groups in total. The Morgan fingerprint density at radius 1 is 1.27 bits per heavy atom. The lowest BCUT2D eigenvalue weighted by molar-refractivity contribution is 0.0952. The molecule has 0 spiro atoms.